The van der Waals surface area contributed by atoms with E-state index < -0.39 is 28.7 Å². The fourth-order valence-corrected chi connectivity index (χ4v) is 2.98. The smallest absolute Gasteiger partial charge is 0.333 e. The van der Waals surface area contributed by atoms with Gasteiger partial charge in [-0.1, -0.05) is 0 Å². The molecule has 1 saturated heterocycles. The van der Waals surface area contributed by atoms with Crippen LogP contribution in [0.5, 0.6) is 0 Å². The molecule has 0 unspecified atom stereocenters. The van der Waals surface area contributed by atoms with Gasteiger partial charge in [0.2, 0.25) is 0 Å². The number of nitrogen functional groups attached to an aromatic ring is 1. The van der Waals surface area contributed by atoms with Crippen molar-refractivity contribution in [1.29, 1.82) is 0 Å². The number of aliphatic hydroxyl groups is 1. The van der Waals surface area contributed by atoms with Gasteiger partial charge in [-0.15, -0.1) is 0 Å². The van der Waals surface area contributed by atoms with Crippen molar-refractivity contribution < 1.29 is 22.8 Å². The van der Waals surface area contributed by atoms with E-state index in [2.05, 4.69) is 15.1 Å². The predicted octanol–water partition coefficient (Wildman–Crippen LogP) is -1.24. The molecule has 0 bridgehead atoms. The van der Waals surface area contributed by atoms with E-state index in [0.29, 0.717) is 22.5 Å². The molecule has 23 heavy (non-hydrogen) atoms. The Morgan fingerprint density at radius 2 is 2.26 bits per heavy atom. The zero-order valence-corrected chi connectivity index (χ0v) is 12.9. The summed E-state index contributed by atoms with van der Waals surface area (Å²) in [6.45, 7) is 1.49. The van der Waals surface area contributed by atoms with Crippen LogP contribution in [-0.4, -0.2) is 56.6 Å². The molecular weight excluding hydrogens is 328 g/mol. The molecule has 2 aromatic rings. The third-order valence-corrected chi connectivity index (χ3v) is 4.17. The van der Waals surface area contributed by atoms with Gasteiger partial charge < -0.3 is 15.6 Å². The van der Waals surface area contributed by atoms with Crippen LogP contribution < -0.4 is 10.5 Å². The lowest BCUT2D eigenvalue weighted by molar-refractivity contribution is -0.0186. The van der Waals surface area contributed by atoms with Crippen LogP contribution in [0.2, 0.25) is 0 Å². The van der Waals surface area contributed by atoms with Crippen LogP contribution in [0.4, 0.5) is 5.82 Å². The van der Waals surface area contributed by atoms with Crippen LogP contribution in [-0.2, 0) is 15.0 Å². The molecule has 11 nitrogen and oxygen atoms in total. The van der Waals surface area contributed by atoms with Gasteiger partial charge >= 0.3 is 10.3 Å². The van der Waals surface area contributed by atoms with E-state index in [-0.39, 0.29) is 13.0 Å². The highest BCUT2D eigenvalue weighted by molar-refractivity contribution is 7.83. The number of nitrogens with two attached hydrogens (primary N) is 1. The third kappa shape index (κ3) is 3.11. The monoisotopic (exact) mass is 344 g/mol. The van der Waals surface area contributed by atoms with E-state index in [1.165, 1.54) is 11.0 Å². The molecule has 1 fully saturated rings. The summed E-state index contributed by atoms with van der Waals surface area (Å²) in [5.41, 5.74) is 6.91. The van der Waals surface area contributed by atoms with E-state index >= 15 is 0 Å². The maximum atomic E-state index is 10.7. The van der Waals surface area contributed by atoms with Crippen LogP contribution in [0, 0.1) is 6.92 Å². The van der Waals surface area contributed by atoms with Gasteiger partial charge in [-0.3, -0.25) is 4.55 Å². The highest BCUT2D eigenvalue weighted by Gasteiger charge is 2.37. The van der Waals surface area contributed by atoms with Crippen LogP contribution in [0.25, 0.3) is 11.0 Å². The first-order chi connectivity index (χ1) is 10.8. The van der Waals surface area contributed by atoms with Crippen molar-refractivity contribution in [2.24, 2.45) is 0 Å². The number of fused-ring (bicyclic) bond motifs is 1. The van der Waals surface area contributed by atoms with Crippen molar-refractivity contribution in [3.8, 4) is 0 Å². The molecule has 0 spiro atoms. The first-order valence-corrected chi connectivity index (χ1v) is 8.21. The Hall–Kier alpha value is -1.86. The molecule has 3 rings (SSSR count). The normalized spacial score (nSPS) is 25.3. The molecule has 2 aromatic heterocycles. The largest absolute Gasteiger partial charge is 0.390 e. The second-order valence-electron chi connectivity index (χ2n) is 5.24. The summed E-state index contributed by atoms with van der Waals surface area (Å²) in [5, 5.41) is 14.9. The van der Waals surface area contributed by atoms with Gasteiger partial charge in [-0.25, -0.2) is 14.6 Å². The molecule has 0 saturated carbocycles. The van der Waals surface area contributed by atoms with E-state index in [4.69, 9.17) is 15.0 Å². The summed E-state index contributed by atoms with van der Waals surface area (Å²) in [4.78, 5) is 8.05. The van der Waals surface area contributed by atoms with Crippen molar-refractivity contribution in [3.05, 3.63) is 12.0 Å². The van der Waals surface area contributed by atoms with Crippen molar-refractivity contribution in [1.82, 2.24) is 24.5 Å². The molecule has 1 aliphatic rings. The lowest BCUT2D eigenvalue weighted by Crippen LogP contribution is -2.36. The van der Waals surface area contributed by atoms with Crippen molar-refractivity contribution in [2.45, 2.75) is 31.8 Å². The zero-order valence-electron chi connectivity index (χ0n) is 12.1. The topological polar surface area (TPSA) is 165 Å². The Labute approximate surface area is 131 Å². The Bertz CT molecular complexity index is 837. The maximum Gasteiger partial charge on any atom is 0.333 e. The molecule has 3 atom stereocenters. The minimum atomic E-state index is -4.35. The molecule has 0 radical (unpaired) electrons. The quantitative estimate of drug-likeness (QED) is 0.496. The van der Waals surface area contributed by atoms with Gasteiger partial charge in [0, 0.05) is 13.0 Å². The summed E-state index contributed by atoms with van der Waals surface area (Å²) in [6, 6.07) is 0. The fraction of sp³-hybridized carbons (Fsp3) is 0.545. The third-order valence-electron chi connectivity index (χ3n) is 3.64. The molecule has 3 heterocycles. The minimum Gasteiger partial charge on any atom is -0.390 e. The van der Waals surface area contributed by atoms with E-state index in [1.807, 2.05) is 4.72 Å². The molecule has 0 amide bonds. The average molecular weight is 344 g/mol. The number of rotatable bonds is 4. The van der Waals surface area contributed by atoms with Crippen molar-refractivity contribution in [2.75, 3.05) is 12.3 Å². The summed E-state index contributed by atoms with van der Waals surface area (Å²) in [5.74, 6) is 0.293. The Balaban J connectivity index is 1.85. The second-order valence-corrected chi connectivity index (χ2v) is 6.48. The fourth-order valence-electron chi connectivity index (χ4n) is 2.61. The highest BCUT2D eigenvalue weighted by atomic mass is 32.2. The van der Waals surface area contributed by atoms with E-state index in [9.17, 15) is 13.5 Å². The van der Waals surface area contributed by atoms with Gasteiger partial charge in [0.25, 0.3) is 0 Å². The van der Waals surface area contributed by atoms with Crippen molar-refractivity contribution in [3.63, 3.8) is 0 Å². The number of hydrogen-bond donors (Lipinski definition) is 4. The van der Waals surface area contributed by atoms with Gasteiger partial charge in [-0.05, 0) is 6.92 Å². The maximum absolute atomic E-state index is 10.7. The standard InChI is InChI=1S/C11H16N6O5S/c1-5-9-10(12)13-4-14-11(9)17(16-5)8-2-6(18)7(22-8)3-15-23(19,20)21/h4,6-8,15,18H,2-3H2,1H3,(H2,12,13,14)(H,19,20,21)/t6-,7+,8+/m0/s1. The minimum absolute atomic E-state index is 0.192. The lowest BCUT2D eigenvalue weighted by atomic mass is 10.2. The summed E-state index contributed by atoms with van der Waals surface area (Å²) in [6.07, 6.45) is -0.881. The van der Waals surface area contributed by atoms with Gasteiger partial charge in [0.15, 0.2) is 11.9 Å². The number of aromatic nitrogens is 4. The number of nitrogens with one attached hydrogen (secondary N) is 1. The second kappa shape index (κ2) is 5.65. The number of aryl methyl sites for hydroxylation is 1. The van der Waals surface area contributed by atoms with Crippen molar-refractivity contribution >= 4 is 27.2 Å². The zero-order chi connectivity index (χ0) is 16.8. The molecular formula is C11H16N6O5S. The molecule has 1 aliphatic heterocycles. The van der Waals surface area contributed by atoms with Crippen LogP contribution in [0.3, 0.4) is 0 Å². The first-order valence-electron chi connectivity index (χ1n) is 6.77. The summed E-state index contributed by atoms with van der Waals surface area (Å²) < 4.78 is 39.1. The number of hydrogen-bond acceptors (Lipinski definition) is 8. The predicted molar refractivity (Wildman–Crippen MR) is 78.6 cm³/mol. The molecule has 5 N–H and O–H groups in total. The van der Waals surface area contributed by atoms with E-state index in [1.54, 1.807) is 6.92 Å². The van der Waals surface area contributed by atoms with Gasteiger partial charge in [-0.2, -0.15) is 18.2 Å². The van der Waals surface area contributed by atoms with Gasteiger partial charge in [0.1, 0.15) is 12.1 Å². The molecule has 0 aliphatic carbocycles. The number of aliphatic hydroxyl groups excluding tert-OH is 1. The van der Waals surface area contributed by atoms with E-state index in [0.717, 1.165) is 0 Å². The van der Waals surface area contributed by atoms with Crippen LogP contribution >= 0.6 is 0 Å². The Morgan fingerprint density at radius 3 is 2.96 bits per heavy atom. The molecule has 0 aromatic carbocycles. The first kappa shape index (κ1) is 16.0. The number of nitrogens with zero attached hydrogens (tertiary/aromatic N) is 4. The number of anilines is 1. The summed E-state index contributed by atoms with van der Waals surface area (Å²) in [7, 11) is -4.35. The summed E-state index contributed by atoms with van der Waals surface area (Å²) >= 11 is 0. The van der Waals surface area contributed by atoms with Gasteiger partial charge in [0.05, 0.1) is 23.3 Å². The van der Waals surface area contributed by atoms with Crippen LogP contribution in [0.15, 0.2) is 6.33 Å². The SMILES string of the molecule is Cc1nn([C@H]2C[C@H](O)[C@@H](CNS(=O)(=O)O)O2)c2ncnc(N)c12. The molecule has 126 valence electrons. The highest BCUT2D eigenvalue weighted by Crippen LogP contribution is 2.32. The van der Waals surface area contributed by atoms with Crippen LogP contribution in [0.1, 0.15) is 18.3 Å². The molecule has 12 heteroatoms. The lowest BCUT2D eigenvalue weighted by Gasteiger charge is -2.15. The average Bonchev–Trinajstić information content (AvgIpc) is 2.98. The Kier molecular flexibility index (Phi) is 3.93. The number of ether oxygens (including phenoxy) is 1. The Morgan fingerprint density at radius 1 is 1.52 bits per heavy atom.